The van der Waals surface area contributed by atoms with Crippen molar-refractivity contribution in [2.75, 3.05) is 6.61 Å². The highest BCUT2D eigenvalue weighted by molar-refractivity contribution is 6.33. The van der Waals surface area contributed by atoms with Crippen molar-refractivity contribution in [3.63, 3.8) is 0 Å². The van der Waals surface area contributed by atoms with E-state index in [9.17, 15) is 5.11 Å². The first-order valence-corrected chi connectivity index (χ1v) is 8.06. The van der Waals surface area contributed by atoms with Gasteiger partial charge < -0.3 is 5.11 Å². The zero-order valence-corrected chi connectivity index (χ0v) is 12.7. The van der Waals surface area contributed by atoms with E-state index in [0.29, 0.717) is 6.42 Å². The average Bonchev–Trinajstić information content (AvgIpc) is 2.60. The summed E-state index contributed by atoms with van der Waals surface area (Å²) < 4.78 is 0. The second kappa shape index (κ2) is 4.68. The average molecular weight is 296 g/mol. The first kappa shape index (κ1) is 12.9. The molecule has 0 bridgehead atoms. The lowest BCUT2D eigenvalue weighted by atomic mass is 9.88. The van der Waals surface area contributed by atoms with Gasteiger partial charge in [-0.3, -0.25) is 0 Å². The van der Waals surface area contributed by atoms with Crippen molar-refractivity contribution in [2.45, 2.75) is 6.42 Å². The molecule has 23 heavy (non-hydrogen) atoms. The number of aliphatic hydroxyl groups excluding tert-OH is 1. The summed E-state index contributed by atoms with van der Waals surface area (Å²) in [5.74, 6) is 0. The van der Waals surface area contributed by atoms with E-state index >= 15 is 0 Å². The van der Waals surface area contributed by atoms with Crippen LogP contribution in [0, 0.1) is 0 Å². The standard InChI is InChI=1S/C22H16O/c23-13-12-14-10-11-20-18-8-2-5-15-4-1-7-17(21(15)18)19-9-3-6-16(14)22(19)20/h1-11,23H,12-13H2. The van der Waals surface area contributed by atoms with Gasteiger partial charge in [-0.15, -0.1) is 0 Å². The van der Waals surface area contributed by atoms with Crippen molar-refractivity contribution in [1.82, 2.24) is 0 Å². The number of fused-ring (bicyclic) bond motifs is 2. The zero-order chi connectivity index (χ0) is 15.4. The summed E-state index contributed by atoms with van der Waals surface area (Å²) in [4.78, 5) is 0. The van der Waals surface area contributed by atoms with E-state index < -0.39 is 0 Å². The number of rotatable bonds is 2. The highest BCUT2D eigenvalue weighted by Gasteiger charge is 2.13. The maximum absolute atomic E-state index is 9.37. The SMILES string of the molecule is OCCc1ccc2c3cccc4cccc(c5cccc1c52)c43. The molecule has 5 rings (SSSR count). The lowest BCUT2D eigenvalue weighted by Gasteiger charge is -2.16. The van der Waals surface area contributed by atoms with Crippen LogP contribution < -0.4 is 0 Å². The van der Waals surface area contributed by atoms with Crippen LogP contribution >= 0.6 is 0 Å². The fourth-order valence-corrected chi connectivity index (χ4v) is 4.04. The Morgan fingerprint density at radius 3 is 1.83 bits per heavy atom. The number of benzene rings is 5. The van der Waals surface area contributed by atoms with Gasteiger partial charge in [0.25, 0.3) is 0 Å². The Morgan fingerprint density at radius 2 is 1.13 bits per heavy atom. The maximum Gasteiger partial charge on any atom is 0.0471 e. The minimum absolute atomic E-state index is 0.185. The lowest BCUT2D eigenvalue weighted by Crippen LogP contribution is -1.94. The van der Waals surface area contributed by atoms with Crippen molar-refractivity contribution in [3.8, 4) is 0 Å². The van der Waals surface area contributed by atoms with Crippen LogP contribution in [0.1, 0.15) is 5.56 Å². The first-order valence-electron chi connectivity index (χ1n) is 8.06. The molecule has 0 unspecified atom stereocenters. The molecule has 0 saturated heterocycles. The quantitative estimate of drug-likeness (QED) is 0.347. The zero-order valence-electron chi connectivity index (χ0n) is 12.7. The molecule has 0 amide bonds. The van der Waals surface area contributed by atoms with Crippen LogP contribution in [0.25, 0.3) is 43.1 Å². The van der Waals surface area contributed by atoms with E-state index in [0.717, 1.165) is 0 Å². The largest absolute Gasteiger partial charge is 0.396 e. The molecular formula is C22H16O. The summed E-state index contributed by atoms with van der Waals surface area (Å²) in [6.07, 6.45) is 0.700. The fourth-order valence-electron chi connectivity index (χ4n) is 4.04. The van der Waals surface area contributed by atoms with Crippen LogP contribution in [0.5, 0.6) is 0 Å². The van der Waals surface area contributed by atoms with E-state index in [-0.39, 0.29) is 6.61 Å². The van der Waals surface area contributed by atoms with Crippen LogP contribution in [0.3, 0.4) is 0 Å². The molecule has 0 aliphatic carbocycles. The van der Waals surface area contributed by atoms with Gasteiger partial charge in [0.1, 0.15) is 0 Å². The van der Waals surface area contributed by atoms with Crippen molar-refractivity contribution >= 4 is 43.1 Å². The second-order valence-corrected chi connectivity index (χ2v) is 6.18. The predicted molar refractivity (Wildman–Crippen MR) is 98.4 cm³/mol. The van der Waals surface area contributed by atoms with Crippen molar-refractivity contribution in [2.24, 2.45) is 0 Å². The van der Waals surface area contributed by atoms with Gasteiger partial charge in [0.2, 0.25) is 0 Å². The maximum atomic E-state index is 9.37. The molecule has 0 aliphatic rings. The monoisotopic (exact) mass is 296 g/mol. The second-order valence-electron chi connectivity index (χ2n) is 6.18. The van der Waals surface area contributed by atoms with E-state index in [4.69, 9.17) is 0 Å². The smallest absolute Gasteiger partial charge is 0.0471 e. The van der Waals surface area contributed by atoms with E-state index in [2.05, 4.69) is 66.7 Å². The normalized spacial score (nSPS) is 12.0. The van der Waals surface area contributed by atoms with Gasteiger partial charge in [0, 0.05) is 6.61 Å². The van der Waals surface area contributed by atoms with Crippen LogP contribution in [-0.4, -0.2) is 11.7 Å². The van der Waals surface area contributed by atoms with Crippen LogP contribution in [0.2, 0.25) is 0 Å². The molecule has 0 atom stereocenters. The van der Waals surface area contributed by atoms with E-state index in [1.165, 1.54) is 48.7 Å². The summed E-state index contributed by atoms with van der Waals surface area (Å²) in [5.41, 5.74) is 1.22. The van der Waals surface area contributed by atoms with Gasteiger partial charge in [-0.25, -0.2) is 0 Å². The molecule has 110 valence electrons. The van der Waals surface area contributed by atoms with Gasteiger partial charge in [0.05, 0.1) is 0 Å². The van der Waals surface area contributed by atoms with Gasteiger partial charge in [0.15, 0.2) is 0 Å². The Morgan fingerprint density at radius 1 is 0.565 bits per heavy atom. The van der Waals surface area contributed by atoms with Gasteiger partial charge in [-0.1, -0.05) is 66.7 Å². The van der Waals surface area contributed by atoms with Crippen LogP contribution in [0.15, 0.2) is 66.7 Å². The van der Waals surface area contributed by atoms with Crippen molar-refractivity contribution in [1.29, 1.82) is 0 Å². The molecule has 0 heterocycles. The molecule has 0 radical (unpaired) electrons. The highest BCUT2D eigenvalue weighted by Crippen LogP contribution is 2.40. The van der Waals surface area contributed by atoms with Gasteiger partial charge >= 0.3 is 0 Å². The van der Waals surface area contributed by atoms with Crippen molar-refractivity contribution < 1.29 is 5.11 Å². The number of hydrogen-bond acceptors (Lipinski definition) is 1. The Bertz CT molecular complexity index is 1120. The number of aliphatic hydroxyl groups is 1. The predicted octanol–water partition coefficient (Wildman–Crippen LogP) is 5.27. The highest BCUT2D eigenvalue weighted by atomic mass is 16.2. The molecule has 0 aliphatic heterocycles. The van der Waals surface area contributed by atoms with Crippen molar-refractivity contribution in [3.05, 3.63) is 72.3 Å². The summed E-state index contributed by atoms with van der Waals surface area (Å²) >= 11 is 0. The Kier molecular flexibility index (Phi) is 2.61. The molecule has 0 saturated carbocycles. The molecule has 5 aromatic carbocycles. The molecule has 0 aromatic heterocycles. The molecule has 1 N–H and O–H groups in total. The topological polar surface area (TPSA) is 20.2 Å². The summed E-state index contributed by atoms with van der Waals surface area (Å²) in [6.45, 7) is 0.185. The first-order chi connectivity index (χ1) is 11.4. The molecule has 0 spiro atoms. The Hall–Kier alpha value is -2.64. The number of hydrogen-bond donors (Lipinski definition) is 1. The van der Waals surface area contributed by atoms with Crippen LogP contribution in [-0.2, 0) is 6.42 Å². The third kappa shape index (κ3) is 1.66. The summed E-state index contributed by atoms with van der Waals surface area (Å²) in [7, 11) is 0. The minimum atomic E-state index is 0.185. The molecule has 0 fully saturated rings. The van der Waals surface area contributed by atoms with Crippen LogP contribution in [0.4, 0.5) is 0 Å². The molecule has 5 aromatic rings. The van der Waals surface area contributed by atoms with Gasteiger partial charge in [-0.2, -0.15) is 0 Å². The van der Waals surface area contributed by atoms with Gasteiger partial charge in [-0.05, 0) is 55.1 Å². The Labute approximate surface area is 134 Å². The summed E-state index contributed by atoms with van der Waals surface area (Å²) in [5, 5.41) is 19.9. The Balaban J connectivity index is 2.14. The van der Waals surface area contributed by atoms with E-state index in [1.54, 1.807) is 0 Å². The minimum Gasteiger partial charge on any atom is -0.396 e. The molecular weight excluding hydrogens is 280 g/mol. The lowest BCUT2D eigenvalue weighted by molar-refractivity contribution is 0.300. The van der Waals surface area contributed by atoms with E-state index in [1.807, 2.05) is 0 Å². The summed E-state index contributed by atoms with van der Waals surface area (Å²) in [6, 6.07) is 24.0. The third-order valence-corrected chi connectivity index (χ3v) is 5.00. The molecule has 1 nitrogen and oxygen atoms in total. The third-order valence-electron chi connectivity index (χ3n) is 5.00. The fraction of sp³-hybridized carbons (Fsp3) is 0.0909. The molecule has 1 heteroatoms.